The molecule has 0 spiro atoms. The average molecular weight is 243 g/mol. The number of ether oxygens (including phenoxy) is 1. The van der Waals surface area contributed by atoms with Crippen LogP contribution in [0.5, 0.6) is 0 Å². The summed E-state index contributed by atoms with van der Waals surface area (Å²) in [7, 11) is 1.47. The van der Waals surface area contributed by atoms with E-state index in [4.69, 9.17) is 22.1 Å². The van der Waals surface area contributed by atoms with Crippen molar-refractivity contribution in [1.29, 1.82) is 0 Å². The van der Waals surface area contributed by atoms with Crippen molar-refractivity contribution in [3.05, 3.63) is 23.2 Å². The van der Waals surface area contributed by atoms with Crippen molar-refractivity contribution >= 4 is 28.9 Å². The number of hydrogen-bond donors (Lipinski definition) is 2. The molecule has 0 saturated carbocycles. The van der Waals surface area contributed by atoms with Crippen LogP contribution in [-0.4, -0.2) is 18.6 Å². The molecule has 3 N–H and O–H groups in total. The maximum Gasteiger partial charge on any atom is 0.256 e. The van der Waals surface area contributed by atoms with E-state index in [0.717, 1.165) is 0 Å². The molecule has 0 heterocycles. The summed E-state index contributed by atoms with van der Waals surface area (Å²) in [5, 5.41) is 3.18. The molecule has 5 heteroatoms. The van der Waals surface area contributed by atoms with E-state index in [9.17, 15) is 4.79 Å². The van der Waals surface area contributed by atoms with Crippen LogP contribution in [0.2, 0.25) is 5.02 Å². The number of nitrogen functional groups attached to an aromatic ring is 1. The fraction of sp³-hybridized carbons (Fsp3) is 0.364. The molecule has 0 fully saturated rings. The molecule has 0 aliphatic rings. The molecule has 0 bridgehead atoms. The van der Waals surface area contributed by atoms with Crippen molar-refractivity contribution in [2.24, 2.45) is 0 Å². The average Bonchev–Trinajstić information content (AvgIpc) is 2.23. The smallest absolute Gasteiger partial charge is 0.256 e. The molecule has 0 atom stereocenters. The largest absolute Gasteiger partial charge is 0.397 e. The lowest BCUT2D eigenvalue weighted by molar-refractivity contribution is -0.133. The second kappa shape index (κ2) is 4.72. The topological polar surface area (TPSA) is 64.3 Å². The van der Waals surface area contributed by atoms with Gasteiger partial charge in [-0.25, -0.2) is 0 Å². The van der Waals surface area contributed by atoms with Crippen molar-refractivity contribution < 1.29 is 9.53 Å². The fourth-order valence-corrected chi connectivity index (χ4v) is 1.17. The summed E-state index contributed by atoms with van der Waals surface area (Å²) in [6, 6.07) is 4.90. The Morgan fingerprint density at radius 1 is 1.50 bits per heavy atom. The van der Waals surface area contributed by atoms with Gasteiger partial charge >= 0.3 is 0 Å². The lowest BCUT2D eigenvalue weighted by Crippen LogP contribution is -2.38. The number of methoxy groups -OCH3 is 1. The minimum absolute atomic E-state index is 0.274. The lowest BCUT2D eigenvalue weighted by Gasteiger charge is -2.22. The number of halogens is 1. The van der Waals surface area contributed by atoms with E-state index in [1.807, 2.05) is 0 Å². The monoisotopic (exact) mass is 242 g/mol. The van der Waals surface area contributed by atoms with Crippen molar-refractivity contribution in [3.63, 3.8) is 0 Å². The van der Waals surface area contributed by atoms with E-state index >= 15 is 0 Å². The van der Waals surface area contributed by atoms with Gasteiger partial charge in [0.15, 0.2) is 0 Å². The van der Waals surface area contributed by atoms with E-state index in [0.29, 0.717) is 16.4 Å². The Kier molecular flexibility index (Phi) is 3.78. The van der Waals surface area contributed by atoms with Crippen LogP contribution < -0.4 is 11.1 Å². The Balaban J connectivity index is 2.89. The molecule has 88 valence electrons. The maximum atomic E-state index is 11.8. The third-order valence-electron chi connectivity index (χ3n) is 2.32. The highest BCUT2D eigenvalue weighted by Crippen LogP contribution is 2.24. The molecule has 16 heavy (non-hydrogen) atoms. The van der Waals surface area contributed by atoms with Gasteiger partial charge in [-0.3, -0.25) is 4.79 Å². The van der Waals surface area contributed by atoms with Crippen LogP contribution in [0.15, 0.2) is 18.2 Å². The minimum atomic E-state index is -0.908. The second-order valence-electron chi connectivity index (χ2n) is 3.90. The highest BCUT2D eigenvalue weighted by molar-refractivity contribution is 6.31. The SMILES string of the molecule is COC(C)(C)C(=O)Nc1cc(Cl)ccc1N. The Morgan fingerprint density at radius 2 is 2.12 bits per heavy atom. The third-order valence-corrected chi connectivity index (χ3v) is 2.56. The minimum Gasteiger partial charge on any atom is -0.397 e. The summed E-state index contributed by atoms with van der Waals surface area (Å²) in [5.74, 6) is -0.274. The predicted molar refractivity (Wildman–Crippen MR) is 65.6 cm³/mol. The summed E-state index contributed by atoms with van der Waals surface area (Å²) < 4.78 is 5.06. The quantitative estimate of drug-likeness (QED) is 0.800. The lowest BCUT2D eigenvalue weighted by atomic mass is 10.1. The van der Waals surface area contributed by atoms with E-state index in [2.05, 4.69) is 5.32 Å². The van der Waals surface area contributed by atoms with Gasteiger partial charge in [0.2, 0.25) is 0 Å². The molecule has 1 aromatic rings. The molecule has 0 radical (unpaired) electrons. The van der Waals surface area contributed by atoms with Gasteiger partial charge in [0.25, 0.3) is 5.91 Å². The first-order chi connectivity index (χ1) is 7.36. The number of rotatable bonds is 3. The molecule has 1 aromatic carbocycles. The molecule has 0 unspecified atom stereocenters. The second-order valence-corrected chi connectivity index (χ2v) is 4.34. The summed E-state index contributed by atoms with van der Waals surface area (Å²) in [5.41, 5.74) is 5.75. The van der Waals surface area contributed by atoms with Crippen LogP contribution in [0.3, 0.4) is 0 Å². The Morgan fingerprint density at radius 3 is 2.69 bits per heavy atom. The normalized spacial score (nSPS) is 11.2. The van der Waals surface area contributed by atoms with Crippen molar-refractivity contribution in [1.82, 2.24) is 0 Å². The zero-order chi connectivity index (χ0) is 12.3. The van der Waals surface area contributed by atoms with Crippen LogP contribution in [0.4, 0.5) is 11.4 Å². The number of amides is 1. The Labute approximate surface area is 99.7 Å². The molecular weight excluding hydrogens is 228 g/mol. The maximum absolute atomic E-state index is 11.8. The molecule has 1 rings (SSSR count). The van der Waals surface area contributed by atoms with Gasteiger partial charge < -0.3 is 15.8 Å². The number of anilines is 2. The highest BCUT2D eigenvalue weighted by atomic mass is 35.5. The molecule has 0 aromatic heterocycles. The zero-order valence-electron chi connectivity index (χ0n) is 9.50. The fourth-order valence-electron chi connectivity index (χ4n) is 1.00. The van der Waals surface area contributed by atoms with Crippen LogP contribution >= 0.6 is 11.6 Å². The number of carbonyl (C=O) groups is 1. The molecule has 0 aliphatic carbocycles. The van der Waals surface area contributed by atoms with E-state index in [1.54, 1.807) is 32.0 Å². The van der Waals surface area contributed by atoms with Gasteiger partial charge in [-0.15, -0.1) is 0 Å². The van der Waals surface area contributed by atoms with Crippen LogP contribution in [-0.2, 0) is 9.53 Å². The van der Waals surface area contributed by atoms with Crippen molar-refractivity contribution in [3.8, 4) is 0 Å². The summed E-state index contributed by atoms with van der Waals surface area (Å²) in [6.45, 7) is 3.34. The first-order valence-corrected chi connectivity index (χ1v) is 5.16. The predicted octanol–water partition coefficient (Wildman–Crippen LogP) is 2.29. The highest BCUT2D eigenvalue weighted by Gasteiger charge is 2.27. The number of nitrogens with two attached hydrogens (primary N) is 1. The number of benzene rings is 1. The van der Waals surface area contributed by atoms with Crippen LogP contribution in [0, 0.1) is 0 Å². The Hall–Kier alpha value is -1.26. The van der Waals surface area contributed by atoms with Crippen molar-refractivity contribution in [2.45, 2.75) is 19.4 Å². The standard InChI is InChI=1S/C11H15ClN2O2/c1-11(2,16-3)10(15)14-9-6-7(12)4-5-8(9)13/h4-6H,13H2,1-3H3,(H,14,15). The summed E-state index contributed by atoms with van der Waals surface area (Å²) >= 11 is 5.81. The van der Waals surface area contributed by atoms with Gasteiger partial charge in [0, 0.05) is 12.1 Å². The number of hydrogen-bond acceptors (Lipinski definition) is 3. The van der Waals surface area contributed by atoms with E-state index in [1.165, 1.54) is 7.11 Å². The Bertz CT molecular complexity index is 405. The van der Waals surface area contributed by atoms with E-state index < -0.39 is 5.60 Å². The van der Waals surface area contributed by atoms with Gasteiger partial charge in [-0.2, -0.15) is 0 Å². The molecule has 4 nitrogen and oxygen atoms in total. The van der Waals surface area contributed by atoms with Crippen LogP contribution in [0.25, 0.3) is 0 Å². The molecule has 1 amide bonds. The zero-order valence-corrected chi connectivity index (χ0v) is 10.3. The van der Waals surface area contributed by atoms with Crippen molar-refractivity contribution in [2.75, 3.05) is 18.2 Å². The van der Waals surface area contributed by atoms with Gasteiger partial charge in [-0.1, -0.05) is 11.6 Å². The third kappa shape index (κ3) is 2.87. The molecule has 0 aliphatic heterocycles. The first-order valence-electron chi connectivity index (χ1n) is 4.78. The van der Waals surface area contributed by atoms with Gasteiger partial charge in [0.1, 0.15) is 5.60 Å². The summed E-state index contributed by atoms with van der Waals surface area (Å²) in [4.78, 5) is 11.8. The van der Waals surface area contributed by atoms with E-state index in [-0.39, 0.29) is 5.91 Å². The van der Waals surface area contributed by atoms with Crippen LogP contribution in [0.1, 0.15) is 13.8 Å². The van der Waals surface area contributed by atoms with Gasteiger partial charge in [0.05, 0.1) is 11.4 Å². The summed E-state index contributed by atoms with van der Waals surface area (Å²) in [6.07, 6.45) is 0. The number of carbonyl (C=O) groups excluding carboxylic acids is 1. The first kappa shape index (κ1) is 12.8. The number of nitrogens with one attached hydrogen (secondary N) is 1. The molecule has 0 saturated heterocycles. The molecular formula is C11H15ClN2O2. The van der Waals surface area contributed by atoms with Gasteiger partial charge in [-0.05, 0) is 32.0 Å².